The molecule has 2 unspecified atom stereocenters. The molecule has 36 heavy (non-hydrogen) atoms. The lowest BCUT2D eigenvalue weighted by Crippen LogP contribution is -2.37. The summed E-state index contributed by atoms with van der Waals surface area (Å²) in [5, 5.41) is 0. The highest BCUT2D eigenvalue weighted by Gasteiger charge is 2.43. The van der Waals surface area contributed by atoms with Crippen LogP contribution < -0.4 is 4.74 Å². The summed E-state index contributed by atoms with van der Waals surface area (Å²) in [7, 11) is 0. The van der Waals surface area contributed by atoms with Crippen molar-refractivity contribution in [3.05, 3.63) is 41.1 Å². The molecule has 2 atom stereocenters. The third-order valence-corrected chi connectivity index (χ3v) is 5.40. The maximum atomic E-state index is 13.2. The molecule has 0 aromatic heterocycles. The summed E-state index contributed by atoms with van der Waals surface area (Å²) >= 11 is 0. The van der Waals surface area contributed by atoms with Crippen molar-refractivity contribution >= 4 is 17.7 Å². The fourth-order valence-corrected chi connectivity index (χ4v) is 3.94. The number of allylic oxidation sites excluding steroid dienone is 1. The third-order valence-electron chi connectivity index (χ3n) is 5.40. The molecule has 1 aliphatic heterocycles. The van der Waals surface area contributed by atoms with E-state index in [1.54, 1.807) is 19.9 Å². The number of rotatable bonds is 15. The van der Waals surface area contributed by atoms with E-state index >= 15 is 0 Å². The number of esters is 2. The number of aliphatic imine (C=N–C) groups is 1. The van der Waals surface area contributed by atoms with Gasteiger partial charge in [0.25, 0.3) is 0 Å². The molecule has 2 rings (SSSR count). The van der Waals surface area contributed by atoms with Crippen molar-refractivity contribution in [3.63, 3.8) is 0 Å². The molecule has 0 radical (unpaired) electrons. The van der Waals surface area contributed by atoms with Gasteiger partial charge in [0.1, 0.15) is 24.9 Å². The number of hydrogen-bond donors (Lipinski definition) is 0. The Hall–Kier alpha value is -2.85. The molecular formula is C26H35F2NO7. The number of hydrogen-bond acceptors (Lipinski definition) is 8. The SMILES string of the molecule is CCCOCCOC(=O)C1=C(C)N=C(C)C(C(=O)OCCOCCC)C1c1ccccc1OC(F)F. The average Bonchev–Trinajstić information content (AvgIpc) is 2.83. The Morgan fingerprint density at radius 3 is 2.14 bits per heavy atom. The quantitative estimate of drug-likeness (QED) is 0.249. The normalized spacial score (nSPS) is 17.7. The summed E-state index contributed by atoms with van der Waals surface area (Å²) in [5.41, 5.74) is 1.00. The Balaban J connectivity index is 2.41. The van der Waals surface area contributed by atoms with Gasteiger partial charge in [-0.05, 0) is 32.8 Å². The van der Waals surface area contributed by atoms with Crippen LogP contribution in [0.4, 0.5) is 8.78 Å². The van der Waals surface area contributed by atoms with Gasteiger partial charge in [-0.25, -0.2) is 4.79 Å². The summed E-state index contributed by atoms with van der Waals surface area (Å²) in [6.45, 7) is 5.52. The average molecular weight is 512 g/mol. The number of ether oxygens (including phenoxy) is 5. The molecule has 0 saturated carbocycles. The molecule has 1 heterocycles. The highest BCUT2D eigenvalue weighted by molar-refractivity contribution is 6.07. The standard InChI is InChI=1S/C26H35F2NO7/c1-5-11-32-13-15-34-24(30)21-17(3)29-18(4)22(25(31)35-16-14-33-12-6-2)23(21)19-9-7-8-10-20(19)36-26(27)28/h7-10,21,23,26H,5-6,11-16H2,1-4H3. The monoisotopic (exact) mass is 511 g/mol. The number of nitrogens with zero attached hydrogens (tertiary/aromatic N) is 1. The number of para-hydroxylation sites is 1. The Kier molecular flexibility index (Phi) is 12.5. The van der Waals surface area contributed by atoms with Gasteiger partial charge in [0.2, 0.25) is 0 Å². The maximum Gasteiger partial charge on any atom is 0.387 e. The molecule has 0 saturated heterocycles. The minimum absolute atomic E-state index is 0.00174. The van der Waals surface area contributed by atoms with Gasteiger partial charge in [0, 0.05) is 36.1 Å². The lowest BCUT2D eigenvalue weighted by Gasteiger charge is -2.32. The lowest BCUT2D eigenvalue weighted by atomic mass is 9.75. The summed E-state index contributed by atoms with van der Waals surface area (Å²) in [4.78, 5) is 30.8. The van der Waals surface area contributed by atoms with E-state index in [0.717, 1.165) is 12.8 Å². The van der Waals surface area contributed by atoms with Crippen molar-refractivity contribution < 1.29 is 42.1 Å². The van der Waals surface area contributed by atoms with Gasteiger partial charge in [-0.15, -0.1) is 0 Å². The van der Waals surface area contributed by atoms with E-state index < -0.39 is 30.4 Å². The van der Waals surface area contributed by atoms with Gasteiger partial charge in [0.15, 0.2) is 0 Å². The van der Waals surface area contributed by atoms with Crippen LogP contribution in [-0.2, 0) is 28.5 Å². The molecule has 1 aromatic rings. The molecule has 0 fully saturated rings. The van der Waals surface area contributed by atoms with Crippen LogP contribution in [0.25, 0.3) is 0 Å². The van der Waals surface area contributed by atoms with Crippen LogP contribution in [0.5, 0.6) is 5.75 Å². The van der Waals surface area contributed by atoms with Crippen LogP contribution in [-0.4, -0.2) is 63.9 Å². The van der Waals surface area contributed by atoms with Crippen molar-refractivity contribution in [2.24, 2.45) is 10.9 Å². The van der Waals surface area contributed by atoms with E-state index in [4.69, 9.17) is 23.7 Å². The maximum absolute atomic E-state index is 13.2. The van der Waals surface area contributed by atoms with Crippen LogP contribution in [0.1, 0.15) is 52.0 Å². The second-order valence-corrected chi connectivity index (χ2v) is 8.15. The molecule has 0 spiro atoms. The minimum atomic E-state index is -3.10. The van der Waals surface area contributed by atoms with E-state index in [9.17, 15) is 18.4 Å². The van der Waals surface area contributed by atoms with Gasteiger partial charge in [-0.1, -0.05) is 32.0 Å². The lowest BCUT2D eigenvalue weighted by molar-refractivity contribution is -0.148. The zero-order valence-corrected chi connectivity index (χ0v) is 21.3. The fourth-order valence-electron chi connectivity index (χ4n) is 3.94. The molecule has 1 aromatic carbocycles. The highest BCUT2D eigenvalue weighted by atomic mass is 19.3. The zero-order chi connectivity index (χ0) is 26.5. The molecule has 0 amide bonds. The summed E-state index contributed by atoms with van der Waals surface area (Å²) in [6.07, 6.45) is 1.65. The Bertz CT molecular complexity index is 933. The summed E-state index contributed by atoms with van der Waals surface area (Å²) < 4.78 is 52.7. The predicted octanol–water partition coefficient (Wildman–Crippen LogP) is 4.68. The van der Waals surface area contributed by atoms with Crippen LogP contribution in [0.15, 0.2) is 40.5 Å². The number of carbonyl (C=O) groups is 2. The summed E-state index contributed by atoms with van der Waals surface area (Å²) in [6, 6.07) is 6.05. The topological polar surface area (TPSA) is 92.7 Å². The number of alkyl halides is 2. The van der Waals surface area contributed by atoms with Gasteiger partial charge < -0.3 is 23.7 Å². The Morgan fingerprint density at radius 1 is 0.917 bits per heavy atom. The van der Waals surface area contributed by atoms with Crippen molar-refractivity contribution in [3.8, 4) is 5.75 Å². The molecule has 0 bridgehead atoms. The second-order valence-electron chi connectivity index (χ2n) is 8.15. The molecular weight excluding hydrogens is 476 g/mol. The van der Waals surface area contributed by atoms with Gasteiger partial charge in [-0.2, -0.15) is 8.78 Å². The fraction of sp³-hybridized carbons (Fsp3) is 0.577. The molecule has 1 aliphatic rings. The smallest absolute Gasteiger partial charge is 0.387 e. The van der Waals surface area contributed by atoms with Crippen molar-refractivity contribution in [1.82, 2.24) is 0 Å². The van der Waals surface area contributed by atoms with Crippen LogP contribution in [0.3, 0.4) is 0 Å². The van der Waals surface area contributed by atoms with Gasteiger partial charge in [0.05, 0.1) is 18.8 Å². The Labute approximate surface area is 210 Å². The summed E-state index contributed by atoms with van der Waals surface area (Å²) in [5.74, 6) is -3.59. The number of carbonyl (C=O) groups excluding carboxylic acids is 2. The second kappa shape index (κ2) is 15.3. The third kappa shape index (κ3) is 8.37. The first kappa shape index (κ1) is 29.4. The predicted molar refractivity (Wildman–Crippen MR) is 129 cm³/mol. The molecule has 200 valence electrons. The van der Waals surface area contributed by atoms with E-state index in [2.05, 4.69) is 4.99 Å². The molecule has 0 aliphatic carbocycles. The van der Waals surface area contributed by atoms with E-state index in [-0.39, 0.29) is 43.3 Å². The van der Waals surface area contributed by atoms with Crippen molar-refractivity contribution in [2.45, 2.75) is 53.1 Å². The minimum Gasteiger partial charge on any atom is -0.463 e. The molecule has 8 nitrogen and oxygen atoms in total. The van der Waals surface area contributed by atoms with Crippen molar-refractivity contribution in [1.29, 1.82) is 0 Å². The number of benzene rings is 1. The first-order valence-electron chi connectivity index (χ1n) is 12.1. The van der Waals surface area contributed by atoms with Gasteiger partial charge >= 0.3 is 18.6 Å². The van der Waals surface area contributed by atoms with Crippen LogP contribution in [0, 0.1) is 5.92 Å². The molecule has 10 heteroatoms. The largest absolute Gasteiger partial charge is 0.463 e. The number of halogens is 2. The highest BCUT2D eigenvalue weighted by Crippen LogP contribution is 2.43. The molecule has 0 N–H and O–H groups in total. The van der Waals surface area contributed by atoms with E-state index in [1.165, 1.54) is 18.2 Å². The zero-order valence-electron chi connectivity index (χ0n) is 21.3. The first-order chi connectivity index (χ1) is 17.3. The van der Waals surface area contributed by atoms with Crippen LogP contribution >= 0.6 is 0 Å². The first-order valence-corrected chi connectivity index (χ1v) is 12.1. The van der Waals surface area contributed by atoms with Crippen molar-refractivity contribution in [2.75, 3.05) is 39.6 Å². The van der Waals surface area contributed by atoms with E-state index in [1.807, 2.05) is 13.8 Å². The Morgan fingerprint density at radius 2 is 1.53 bits per heavy atom. The van der Waals surface area contributed by atoms with Crippen LogP contribution in [0.2, 0.25) is 0 Å². The van der Waals surface area contributed by atoms with E-state index in [0.29, 0.717) is 24.6 Å². The van der Waals surface area contributed by atoms with Gasteiger partial charge in [-0.3, -0.25) is 9.79 Å².